The Morgan fingerprint density at radius 3 is 2.28 bits per heavy atom. The third-order valence-electron chi connectivity index (χ3n) is 4.51. The molecule has 0 radical (unpaired) electrons. The van der Waals surface area contributed by atoms with Crippen molar-refractivity contribution in [3.63, 3.8) is 0 Å². The van der Waals surface area contributed by atoms with Crippen molar-refractivity contribution in [2.45, 2.75) is 12.8 Å². The van der Waals surface area contributed by atoms with Gasteiger partial charge in [0, 0.05) is 19.2 Å². The minimum Gasteiger partial charge on any atom is -0.493 e. The maximum Gasteiger partial charge on any atom is 0.282 e. The van der Waals surface area contributed by atoms with E-state index in [4.69, 9.17) is 19.5 Å². The molecule has 2 heterocycles. The SMILES string of the molecule is COc1cc(-n2nc3c(nc2=NC#N)C(C)C(=O)N(C)C3=O)cc(OC)c1OC. The number of aromatic nitrogens is 3. The zero-order valence-electron chi connectivity index (χ0n) is 16.5. The van der Waals surface area contributed by atoms with Gasteiger partial charge in [-0.2, -0.15) is 15.0 Å². The van der Waals surface area contributed by atoms with Gasteiger partial charge in [0.15, 0.2) is 17.2 Å². The van der Waals surface area contributed by atoms with Gasteiger partial charge in [-0.05, 0) is 6.92 Å². The molecule has 1 atom stereocenters. The van der Waals surface area contributed by atoms with Crippen LogP contribution in [-0.4, -0.2) is 59.9 Å². The molecule has 2 amide bonds. The van der Waals surface area contributed by atoms with E-state index in [0.29, 0.717) is 22.9 Å². The highest BCUT2D eigenvalue weighted by molar-refractivity contribution is 6.09. The summed E-state index contributed by atoms with van der Waals surface area (Å²) in [7, 11) is 5.76. The monoisotopic (exact) mass is 398 g/mol. The molecule has 11 heteroatoms. The highest BCUT2D eigenvalue weighted by atomic mass is 16.5. The van der Waals surface area contributed by atoms with Crippen LogP contribution in [0.1, 0.15) is 29.0 Å². The first kappa shape index (κ1) is 19.8. The topological polar surface area (TPSA) is 132 Å². The first-order valence-electron chi connectivity index (χ1n) is 8.44. The number of rotatable bonds is 4. The molecule has 0 saturated heterocycles. The molecule has 1 aromatic carbocycles. The number of likely N-dealkylation sites (N-methyl/N-ethyl adjacent to an activating group) is 1. The fourth-order valence-corrected chi connectivity index (χ4v) is 3.00. The Balaban J connectivity index is 2.35. The van der Waals surface area contributed by atoms with E-state index in [1.54, 1.807) is 25.2 Å². The Morgan fingerprint density at radius 1 is 1.14 bits per heavy atom. The summed E-state index contributed by atoms with van der Waals surface area (Å²) in [5.41, 5.74) is 0.419. The van der Waals surface area contributed by atoms with Crippen LogP contribution in [0.25, 0.3) is 5.69 Å². The van der Waals surface area contributed by atoms with E-state index < -0.39 is 17.7 Å². The van der Waals surface area contributed by atoms with Gasteiger partial charge in [0.05, 0.1) is 38.6 Å². The molecule has 2 aromatic rings. The number of ether oxygens (including phenoxy) is 3. The van der Waals surface area contributed by atoms with Crippen LogP contribution in [0.5, 0.6) is 17.2 Å². The molecule has 1 aromatic heterocycles. The lowest BCUT2D eigenvalue weighted by molar-refractivity contribution is -0.129. The van der Waals surface area contributed by atoms with Crippen LogP contribution >= 0.6 is 0 Å². The molecule has 3 rings (SSSR count). The van der Waals surface area contributed by atoms with Crippen LogP contribution in [-0.2, 0) is 4.79 Å². The molecule has 29 heavy (non-hydrogen) atoms. The summed E-state index contributed by atoms with van der Waals surface area (Å²) in [6.07, 6.45) is 1.66. The van der Waals surface area contributed by atoms with Crippen molar-refractivity contribution in [3.8, 4) is 29.1 Å². The number of hydrogen-bond acceptors (Lipinski definition) is 9. The van der Waals surface area contributed by atoms with Crippen LogP contribution in [0.3, 0.4) is 0 Å². The Hall–Kier alpha value is -3.94. The normalized spacial score (nSPS) is 16.3. The molecule has 0 fully saturated rings. The third kappa shape index (κ3) is 3.14. The van der Waals surface area contributed by atoms with E-state index in [1.807, 2.05) is 0 Å². The van der Waals surface area contributed by atoms with Gasteiger partial charge in [-0.1, -0.05) is 0 Å². The van der Waals surface area contributed by atoms with Crippen molar-refractivity contribution in [2.24, 2.45) is 4.99 Å². The van der Waals surface area contributed by atoms with Gasteiger partial charge in [0.25, 0.3) is 11.5 Å². The molecule has 1 aliphatic heterocycles. The number of benzene rings is 1. The average Bonchev–Trinajstić information content (AvgIpc) is 2.74. The predicted molar refractivity (Wildman–Crippen MR) is 97.7 cm³/mol. The number of hydrogen-bond donors (Lipinski definition) is 0. The minimum atomic E-state index is -0.706. The summed E-state index contributed by atoms with van der Waals surface area (Å²) in [5.74, 6) is -0.681. The summed E-state index contributed by atoms with van der Waals surface area (Å²) in [6, 6.07) is 3.15. The van der Waals surface area contributed by atoms with E-state index in [-0.39, 0.29) is 17.0 Å². The van der Waals surface area contributed by atoms with E-state index in [2.05, 4.69) is 15.1 Å². The molecule has 0 spiro atoms. The van der Waals surface area contributed by atoms with E-state index in [1.165, 1.54) is 33.1 Å². The summed E-state index contributed by atoms with van der Waals surface area (Å²) >= 11 is 0. The van der Waals surface area contributed by atoms with E-state index in [9.17, 15) is 9.59 Å². The molecule has 0 N–H and O–H groups in total. The van der Waals surface area contributed by atoms with Crippen LogP contribution < -0.4 is 19.8 Å². The molecule has 150 valence electrons. The molecule has 1 aliphatic rings. The smallest absolute Gasteiger partial charge is 0.282 e. The zero-order chi connectivity index (χ0) is 21.3. The number of methoxy groups -OCH3 is 3. The fourth-order valence-electron chi connectivity index (χ4n) is 3.00. The predicted octanol–water partition coefficient (Wildman–Crippen LogP) is 0.391. The van der Waals surface area contributed by atoms with Gasteiger partial charge in [0.1, 0.15) is 0 Å². The van der Waals surface area contributed by atoms with Gasteiger partial charge in [-0.3, -0.25) is 14.5 Å². The minimum absolute atomic E-state index is 0.00904. The van der Waals surface area contributed by atoms with Crippen molar-refractivity contribution < 1.29 is 23.8 Å². The van der Waals surface area contributed by atoms with Gasteiger partial charge in [0.2, 0.25) is 17.8 Å². The van der Waals surface area contributed by atoms with Crippen molar-refractivity contribution in [1.82, 2.24) is 19.7 Å². The standard InChI is InChI=1S/C18H18N6O5/c1-9-13-14(17(26)23(2)16(9)25)22-24(18(21-13)20-8-19)10-6-11(27-3)15(29-5)12(7-10)28-4/h6-7,9H,1-5H3. The van der Waals surface area contributed by atoms with E-state index >= 15 is 0 Å². The number of nitrogens with zero attached hydrogens (tertiary/aromatic N) is 6. The lowest BCUT2D eigenvalue weighted by Crippen LogP contribution is -2.45. The molecule has 0 saturated carbocycles. The van der Waals surface area contributed by atoms with Crippen LogP contribution in [0, 0.1) is 11.5 Å². The molecular formula is C18H18N6O5. The first-order valence-corrected chi connectivity index (χ1v) is 8.44. The summed E-state index contributed by atoms with van der Waals surface area (Å²) in [4.78, 5) is 33.8. The quantitative estimate of drug-likeness (QED) is 0.534. The van der Waals surface area contributed by atoms with Crippen molar-refractivity contribution in [3.05, 3.63) is 29.1 Å². The fraction of sp³-hybridized carbons (Fsp3) is 0.333. The Labute approximate surface area is 165 Å². The summed E-state index contributed by atoms with van der Waals surface area (Å²) in [5, 5.41) is 13.4. The summed E-state index contributed by atoms with van der Waals surface area (Å²) in [6.45, 7) is 1.61. The lowest BCUT2D eigenvalue weighted by atomic mass is 9.99. The number of nitriles is 1. The van der Waals surface area contributed by atoms with Crippen molar-refractivity contribution in [1.29, 1.82) is 5.26 Å². The number of carbonyl (C=O) groups is 2. The second kappa shape index (κ2) is 7.59. The molecular weight excluding hydrogens is 380 g/mol. The van der Waals surface area contributed by atoms with Crippen LogP contribution in [0.4, 0.5) is 0 Å². The largest absolute Gasteiger partial charge is 0.493 e. The molecule has 0 bridgehead atoms. The van der Waals surface area contributed by atoms with Gasteiger partial charge >= 0.3 is 0 Å². The van der Waals surface area contributed by atoms with E-state index in [0.717, 1.165) is 4.90 Å². The van der Waals surface area contributed by atoms with Crippen molar-refractivity contribution in [2.75, 3.05) is 28.4 Å². The second-order valence-electron chi connectivity index (χ2n) is 6.08. The Morgan fingerprint density at radius 2 is 1.76 bits per heavy atom. The summed E-state index contributed by atoms with van der Waals surface area (Å²) < 4.78 is 17.2. The molecule has 0 aliphatic carbocycles. The number of imide groups is 1. The maximum atomic E-state index is 12.6. The van der Waals surface area contributed by atoms with Gasteiger partial charge in [-0.15, -0.1) is 4.99 Å². The number of carbonyl (C=O) groups excluding carboxylic acids is 2. The second-order valence-corrected chi connectivity index (χ2v) is 6.08. The number of amides is 2. The maximum absolute atomic E-state index is 12.6. The first-order chi connectivity index (χ1) is 13.9. The Bertz CT molecular complexity index is 1090. The Kier molecular flexibility index (Phi) is 5.18. The number of fused-ring (bicyclic) bond motifs is 1. The van der Waals surface area contributed by atoms with Crippen LogP contribution in [0.15, 0.2) is 17.1 Å². The van der Waals surface area contributed by atoms with Crippen molar-refractivity contribution >= 4 is 11.8 Å². The van der Waals surface area contributed by atoms with Gasteiger partial charge in [-0.25, -0.2) is 4.98 Å². The highest BCUT2D eigenvalue weighted by Crippen LogP contribution is 2.39. The van der Waals surface area contributed by atoms with Crippen LogP contribution in [0.2, 0.25) is 0 Å². The lowest BCUT2D eigenvalue weighted by Gasteiger charge is -2.26. The third-order valence-corrected chi connectivity index (χ3v) is 4.51. The molecule has 1 unspecified atom stereocenters. The molecule has 11 nitrogen and oxygen atoms in total. The highest BCUT2D eigenvalue weighted by Gasteiger charge is 2.37. The van der Waals surface area contributed by atoms with Gasteiger partial charge < -0.3 is 14.2 Å². The zero-order valence-corrected chi connectivity index (χ0v) is 16.5. The average molecular weight is 398 g/mol.